The molecule has 2 aromatic heterocycles. The highest BCUT2D eigenvalue weighted by Crippen LogP contribution is 2.27. The second-order valence-electron chi connectivity index (χ2n) is 3.90. The van der Waals surface area contributed by atoms with Gasteiger partial charge in [0.1, 0.15) is 5.75 Å². The number of hydrogen-bond donors (Lipinski definition) is 1. The molecule has 1 N–H and O–H groups in total. The van der Waals surface area contributed by atoms with E-state index >= 15 is 0 Å². The molecule has 2 aromatic rings. The number of thiazole rings is 1. The Morgan fingerprint density at radius 2 is 2.28 bits per heavy atom. The number of aromatic nitrogens is 2. The number of rotatable bonds is 6. The average molecular weight is 263 g/mol. The van der Waals surface area contributed by atoms with Crippen LogP contribution in [-0.2, 0) is 6.42 Å². The van der Waals surface area contributed by atoms with E-state index < -0.39 is 0 Å². The molecule has 0 aliphatic carbocycles. The Balaban J connectivity index is 2.23. The van der Waals surface area contributed by atoms with Crippen LogP contribution in [0.4, 0.5) is 0 Å². The molecule has 0 aromatic carbocycles. The molecular formula is C13H17N3OS. The Bertz CT molecular complexity index is 473. The first kappa shape index (κ1) is 13.0. The van der Waals surface area contributed by atoms with Crippen molar-refractivity contribution < 1.29 is 4.74 Å². The van der Waals surface area contributed by atoms with Gasteiger partial charge in [-0.1, -0.05) is 6.92 Å². The Morgan fingerprint density at radius 3 is 2.94 bits per heavy atom. The quantitative estimate of drug-likeness (QED) is 0.869. The summed E-state index contributed by atoms with van der Waals surface area (Å²) in [5.74, 6) is 0.827. The minimum absolute atomic E-state index is 0.230. The smallest absolute Gasteiger partial charge is 0.141 e. The van der Waals surface area contributed by atoms with Crippen LogP contribution < -0.4 is 10.1 Å². The largest absolute Gasteiger partial charge is 0.495 e. The van der Waals surface area contributed by atoms with Crippen molar-refractivity contribution in [2.24, 2.45) is 0 Å². The van der Waals surface area contributed by atoms with Gasteiger partial charge in [-0.3, -0.25) is 9.97 Å². The zero-order chi connectivity index (χ0) is 12.8. The Hall–Kier alpha value is -1.46. The third-order valence-electron chi connectivity index (χ3n) is 2.75. The summed E-state index contributed by atoms with van der Waals surface area (Å²) in [4.78, 5) is 9.48. The highest BCUT2D eigenvalue weighted by molar-refractivity contribution is 7.09. The topological polar surface area (TPSA) is 47.0 Å². The molecule has 0 saturated heterocycles. The summed E-state index contributed by atoms with van der Waals surface area (Å²) < 4.78 is 5.38. The lowest BCUT2D eigenvalue weighted by Crippen LogP contribution is -2.23. The van der Waals surface area contributed by atoms with Gasteiger partial charge in [-0.05, 0) is 12.6 Å². The number of likely N-dealkylation sites (N-methyl/N-ethyl adjacent to an activating group) is 1. The third kappa shape index (κ3) is 3.05. The van der Waals surface area contributed by atoms with Gasteiger partial charge in [0.15, 0.2) is 0 Å². The number of methoxy groups -OCH3 is 1. The molecule has 2 rings (SSSR count). The lowest BCUT2D eigenvalue weighted by atomic mass is 10.0. The van der Waals surface area contributed by atoms with E-state index in [9.17, 15) is 0 Å². The van der Waals surface area contributed by atoms with E-state index in [4.69, 9.17) is 4.74 Å². The summed E-state index contributed by atoms with van der Waals surface area (Å²) in [7, 11) is 1.68. The Labute approximate surface area is 111 Å². The predicted octanol–water partition coefficient (Wildman–Crippen LogP) is 2.44. The maximum atomic E-state index is 5.38. The number of hydrogen-bond acceptors (Lipinski definition) is 5. The molecule has 96 valence electrons. The molecule has 0 aliphatic rings. The summed E-state index contributed by atoms with van der Waals surface area (Å²) in [6, 6.07) is 2.24. The fraction of sp³-hybridized carbons (Fsp3) is 0.385. The van der Waals surface area contributed by atoms with Crippen molar-refractivity contribution in [3.8, 4) is 5.75 Å². The van der Waals surface area contributed by atoms with Gasteiger partial charge in [0.2, 0.25) is 0 Å². The van der Waals surface area contributed by atoms with E-state index in [1.807, 2.05) is 17.8 Å². The molecule has 4 nitrogen and oxygen atoms in total. The summed E-state index contributed by atoms with van der Waals surface area (Å²) in [5, 5.41) is 3.48. The summed E-state index contributed by atoms with van der Waals surface area (Å²) in [6.07, 6.45) is 6.39. The van der Waals surface area contributed by atoms with Crippen LogP contribution in [0, 0.1) is 0 Å². The van der Waals surface area contributed by atoms with Gasteiger partial charge < -0.3 is 10.1 Å². The van der Waals surface area contributed by atoms with Gasteiger partial charge in [-0.25, -0.2) is 0 Å². The highest BCUT2D eigenvalue weighted by Gasteiger charge is 2.16. The van der Waals surface area contributed by atoms with E-state index in [1.165, 1.54) is 4.88 Å². The molecule has 0 fully saturated rings. The standard InChI is InChI=1S/C13H17N3OS/c1-3-16-12(6-10-7-15-9-18-10)11-4-5-14-8-13(11)17-2/h4-5,7-9,12,16H,3,6H2,1-2H3. The molecule has 0 amide bonds. The molecule has 0 bridgehead atoms. The minimum Gasteiger partial charge on any atom is -0.495 e. The predicted molar refractivity (Wildman–Crippen MR) is 73.0 cm³/mol. The monoisotopic (exact) mass is 263 g/mol. The Kier molecular flexibility index (Phi) is 4.66. The van der Waals surface area contributed by atoms with Crippen LogP contribution in [0.15, 0.2) is 30.2 Å². The van der Waals surface area contributed by atoms with E-state index in [0.717, 1.165) is 24.3 Å². The number of nitrogens with one attached hydrogen (secondary N) is 1. The summed E-state index contributed by atoms with van der Waals surface area (Å²) in [6.45, 7) is 3.02. The maximum Gasteiger partial charge on any atom is 0.141 e. The van der Waals surface area contributed by atoms with Crippen molar-refractivity contribution in [1.82, 2.24) is 15.3 Å². The Morgan fingerprint density at radius 1 is 1.39 bits per heavy atom. The molecule has 1 unspecified atom stereocenters. The number of nitrogens with zero attached hydrogens (tertiary/aromatic N) is 2. The van der Waals surface area contributed by atoms with Crippen molar-refractivity contribution in [2.75, 3.05) is 13.7 Å². The van der Waals surface area contributed by atoms with Crippen LogP contribution >= 0.6 is 11.3 Å². The van der Waals surface area contributed by atoms with Crippen molar-refractivity contribution in [3.63, 3.8) is 0 Å². The van der Waals surface area contributed by atoms with E-state index in [1.54, 1.807) is 30.8 Å². The van der Waals surface area contributed by atoms with Crippen molar-refractivity contribution in [2.45, 2.75) is 19.4 Å². The van der Waals surface area contributed by atoms with Crippen LogP contribution in [0.25, 0.3) is 0 Å². The van der Waals surface area contributed by atoms with Crippen molar-refractivity contribution in [3.05, 3.63) is 40.6 Å². The maximum absolute atomic E-state index is 5.38. The number of ether oxygens (including phenoxy) is 1. The highest BCUT2D eigenvalue weighted by atomic mass is 32.1. The first-order valence-electron chi connectivity index (χ1n) is 5.93. The van der Waals surface area contributed by atoms with Gasteiger partial charge in [0.05, 0.1) is 18.8 Å². The molecule has 0 saturated carbocycles. The van der Waals surface area contributed by atoms with Gasteiger partial charge in [0.25, 0.3) is 0 Å². The lowest BCUT2D eigenvalue weighted by molar-refractivity contribution is 0.397. The van der Waals surface area contributed by atoms with Gasteiger partial charge in [0, 0.05) is 35.3 Å². The van der Waals surface area contributed by atoms with Gasteiger partial charge in [-0.15, -0.1) is 11.3 Å². The molecule has 2 heterocycles. The van der Waals surface area contributed by atoms with Crippen molar-refractivity contribution in [1.29, 1.82) is 0 Å². The molecule has 1 atom stereocenters. The summed E-state index contributed by atoms with van der Waals surface area (Å²) >= 11 is 1.68. The average Bonchev–Trinajstić information content (AvgIpc) is 2.91. The molecular weight excluding hydrogens is 246 g/mol. The first-order valence-corrected chi connectivity index (χ1v) is 6.81. The fourth-order valence-corrected chi connectivity index (χ4v) is 2.57. The molecule has 5 heteroatoms. The third-order valence-corrected chi connectivity index (χ3v) is 3.55. The molecule has 0 radical (unpaired) electrons. The van der Waals surface area contributed by atoms with Crippen molar-refractivity contribution >= 4 is 11.3 Å². The molecule has 18 heavy (non-hydrogen) atoms. The molecule has 0 aliphatic heterocycles. The van der Waals surface area contributed by atoms with Gasteiger partial charge in [-0.2, -0.15) is 0 Å². The molecule has 0 spiro atoms. The SMILES string of the molecule is CCNC(Cc1cncs1)c1ccncc1OC. The van der Waals surface area contributed by atoms with Crippen LogP contribution in [0.5, 0.6) is 5.75 Å². The van der Waals surface area contributed by atoms with E-state index in [2.05, 4.69) is 22.2 Å². The second-order valence-corrected chi connectivity index (χ2v) is 4.87. The number of pyridine rings is 1. The second kappa shape index (κ2) is 6.47. The zero-order valence-corrected chi connectivity index (χ0v) is 11.4. The van der Waals surface area contributed by atoms with Gasteiger partial charge >= 0.3 is 0 Å². The van der Waals surface area contributed by atoms with Crippen LogP contribution in [0.3, 0.4) is 0 Å². The lowest BCUT2D eigenvalue weighted by Gasteiger charge is -2.19. The zero-order valence-electron chi connectivity index (χ0n) is 10.6. The normalized spacial score (nSPS) is 12.3. The first-order chi connectivity index (χ1) is 8.85. The van der Waals surface area contributed by atoms with Crippen LogP contribution in [0.2, 0.25) is 0 Å². The minimum atomic E-state index is 0.230. The fourth-order valence-electron chi connectivity index (χ4n) is 1.93. The van der Waals surface area contributed by atoms with E-state index in [0.29, 0.717) is 0 Å². The summed E-state index contributed by atoms with van der Waals surface area (Å²) in [5.41, 5.74) is 3.00. The van der Waals surface area contributed by atoms with Crippen LogP contribution in [-0.4, -0.2) is 23.6 Å². The van der Waals surface area contributed by atoms with Crippen LogP contribution in [0.1, 0.15) is 23.4 Å². The van der Waals surface area contributed by atoms with E-state index in [-0.39, 0.29) is 6.04 Å².